The molecule has 0 saturated carbocycles. The van der Waals surface area contributed by atoms with E-state index in [-0.39, 0.29) is 24.1 Å². The van der Waals surface area contributed by atoms with Crippen molar-refractivity contribution in [1.82, 2.24) is 15.2 Å². The molecule has 8 nitrogen and oxygen atoms in total. The zero-order chi connectivity index (χ0) is 24.6. The molecule has 2 rings (SSSR count). The largest absolute Gasteiger partial charge is 0.446 e. The van der Waals surface area contributed by atoms with E-state index in [1.54, 1.807) is 4.90 Å². The van der Waals surface area contributed by atoms with Crippen LogP contribution in [0.25, 0.3) is 0 Å². The van der Waals surface area contributed by atoms with Crippen LogP contribution in [0.2, 0.25) is 0 Å². The van der Waals surface area contributed by atoms with Gasteiger partial charge in [0.15, 0.2) is 5.69 Å². The monoisotopic (exact) mass is 473 g/mol. The third-order valence-corrected chi connectivity index (χ3v) is 5.29. The summed E-state index contributed by atoms with van der Waals surface area (Å²) >= 11 is 0. The molecular formula is C26H39N3O5. The van der Waals surface area contributed by atoms with Crippen LogP contribution in [0.15, 0.2) is 34.9 Å². The summed E-state index contributed by atoms with van der Waals surface area (Å²) in [6, 6.07) is 7.78. The van der Waals surface area contributed by atoms with Gasteiger partial charge in [-0.05, 0) is 57.2 Å². The molecule has 0 radical (unpaired) electrons. The van der Waals surface area contributed by atoms with E-state index in [9.17, 15) is 9.59 Å². The highest BCUT2D eigenvalue weighted by molar-refractivity contribution is 5.94. The van der Waals surface area contributed by atoms with E-state index < -0.39 is 0 Å². The van der Waals surface area contributed by atoms with Gasteiger partial charge >= 0.3 is 0 Å². The first-order chi connectivity index (χ1) is 16.6. The first kappa shape index (κ1) is 27.5. The summed E-state index contributed by atoms with van der Waals surface area (Å²) < 4.78 is 16.2. The molecule has 1 aromatic carbocycles. The molecular weight excluding hydrogens is 434 g/mol. The predicted octanol–water partition coefficient (Wildman–Crippen LogP) is 4.24. The number of carbonyl (C=O) groups excluding carboxylic acids is 2. The number of aryl methyl sites for hydroxylation is 1. The topological polar surface area (TPSA) is 93.9 Å². The average molecular weight is 474 g/mol. The highest BCUT2D eigenvalue weighted by atomic mass is 16.5. The van der Waals surface area contributed by atoms with Crippen molar-refractivity contribution in [2.75, 3.05) is 39.5 Å². The van der Waals surface area contributed by atoms with Crippen LogP contribution in [0.4, 0.5) is 0 Å². The quantitative estimate of drug-likeness (QED) is 0.345. The predicted molar refractivity (Wildman–Crippen MR) is 131 cm³/mol. The van der Waals surface area contributed by atoms with Gasteiger partial charge in [0.05, 0.1) is 6.54 Å². The number of carbonyl (C=O) groups is 2. The summed E-state index contributed by atoms with van der Waals surface area (Å²) in [6.07, 6.45) is 6.03. The van der Waals surface area contributed by atoms with Crippen molar-refractivity contribution in [2.45, 2.75) is 59.4 Å². The van der Waals surface area contributed by atoms with Crippen LogP contribution >= 0.6 is 0 Å². The van der Waals surface area contributed by atoms with Gasteiger partial charge in [-0.1, -0.05) is 25.5 Å². The number of nitrogens with one attached hydrogen (secondary N) is 1. The van der Waals surface area contributed by atoms with Gasteiger partial charge in [0.2, 0.25) is 5.89 Å². The second-order valence-corrected chi connectivity index (χ2v) is 8.01. The lowest BCUT2D eigenvalue weighted by Crippen LogP contribution is -2.32. The van der Waals surface area contributed by atoms with E-state index in [0.29, 0.717) is 57.4 Å². The molecule has 1 heterocycles. The van der Waals surface area contributed by atoms with Gasteiger partial charge in [0.1, 0.15) is 6.26 Å². The fourth-order valence-electron chi connectivity index (χ4n) is 3.39. The third kappa shape index (κ3) is 9.65. The average Bonchev–Trinajstić information content (AvgIpc) is 3.33. The third-order valence-electron chi connectivity index (χ3n) is 5.29. The summed E-state index contributed by atoms with van der Waals surface area (Å²) in [6.45, 7) is 9.67. The molecule has 0 fully saturated rings. The number of unbranched alkanes of at least 4 members (excludes halogenated alkanes) is 1. The molecule has 8 heteroatoms. The van der Waals surface area contributed by atoms with Crippen molar-refractivity contribution < 1.29 is 23.5 Å². The van der Waals surface area contributed by atoms with Gasteiger partial charge in [0, 0.05) is 45.1 Å². The maximum atomic E-state index is 13.2. The number of hydrogen-bond acceptors (Lipinski definition) is 6. The van der Waals surface area contributed by atoms with Crippen LogP contribution in [0.5, 0.6) is 0 Å². The Labute approximate surface area is 203 Å². The molecule has 0 bridgehead atoms. The number of nitrogens with zero attached hydrogens (tertiary/aromatic N) is 2. The Morgan fingerprint density at radius 3 is 2.38 bits per heavy atom. The van der Waals surface area contributed by atoms with Crippen molar-refractivity contribution in [2.24, 2.45) is 0 Å². The molecule has 1 aromatic heterocycles. The van der Waals surface area contributed by atoms with Crippen LogP contribution in [-0.4, -0.2) is 61.2 Å². The normalized spacial score (nSPS) is 10.9. The van der Waals surface area contributed by atoms with Gasteiger partial charge in [0.25, 0.3) is 11.8 Å². The molecule has 0 atom stereocenters. The second kappa shape index (κ2) is 16.0. The van der Waals surface area contributed by atoms with Crippen molar-refractivity contribution in [3.63, 3.8) is 0 Å². The zero-order valence-corrected chi connectivity index (χ0v) is 20.8. The first-order valence-corrected chi connectivity index (χ1v) is 12.3. The number of aromatic nitrogens is 1. The maximum absolute atomic E-state index is 13.2. The van der Waals surface area contributed by atoms with Crippen LogP contribution in [0.3, 0.4) is 0 Å². The van der Waals surface area contributed by atoms with Crippen molar-refractivity contribution in [3.8, 4) is 0 Å². The molecule has 188 valence electrons. The van der Waals surface area contributed by atoms with Gasteiger partial charge in [-0.2, -0.15) is 0 Å². The molecule has 2 aromatic rings. The van der Waals surface area contributed by atoms with E-state index in [0.717, 1.165) is 25.7 Å². The zero-order valence-electron chi connectivity index (χ0n) is 20.8. The maximum Gasteiger partial charge on any atom is 0.273 e. The molecule has 0 aliphatic heterocycles. The Balaban J connectivity index is 2.00. The highest BCUT2D eigenvalue weighted by Crippen LogP contribution is 2.14. The van der Waals surface area contributed by atoms with E-state index in [1.165, 1.54) is 11.8 Å². The van der Waals surface area contributed by atoms with E-state index >= 15 is 0 Å². The lowest BCUT2D eigenvalue weighted by Gasteiger charge is -2.21. The minimum Gasteiger partial charge on any atom is -0.446 e. The van der Waals surface area contributed by atoms with Crippen LogP contribution in [-0.2, 0) is 22.4 Å². The number of ether oxygens (including phenoxy) is 2. The summed E-state index contributed by atoms with van der Waals surface area (Å²) in [5, 5.41) is 2.80. The number of rotatable bonds is 17. The molecule has 2 amide bonds. The minimum absolute atomic E-state index is 0.0985. The molecule has 0 unspecified atom stereocenters. The Kier molecular flexibility index (Phi) is 13.0. The minimum atomic E-state index is -0.302. The van der Waals surface area contributed by atoms with Crippen LogP contribution in [0, 0.1) is 0 Å². The van der Waals surface area contributed by atoms with E-state index in [4.69, 9.17) is 13.9 Å². The summed E-state index contributed by atoms with van der Waals surface area (Å²) in [4.78, 5) is 31.5. The molecule has 0 aliphatic carbocycles. The summed E-state index contributed by atoms with van der Waals surface area (Å²) in [5.74, 6) is -0.0779. The van der Waals surface area contributed by atoms with Gasteiger partial charge in [-0.3, -0.25) is 9.59 Å². The molecule has 0 aliphatic rings. The highest BCUT2D eigenvalue weighted by Gasteiger charge is 2.20. The van der Waals surface area contributed by atoms with Crippen LogP contribution < -0.4 is 5.32 Å². The first-order valence-electron chi connectivity index (χ1n) is 12.3. The van der Waals surface area contributed by atoms with E-state index in [1.807, 2.05) is 38.1 Å². The Morgan fingerprint density at radius 2 is 1.71 bits per heavy atom. The number of hydrogen-bond donors (Lipinski definition) is 1. The fourth-order valence-corrected chi connectivity index (χ4v) is 3.39. The van der Waals surface area contributed by atoms with E-state index in [2.05, 4.69) is 17.2 Å². The van der Waals surface area contributed by atoms with Crippen molar-refractivity contribution >= 4 is 11.8 Å². The van der Waals surface area contributed by atoms with Crippen molar-refractivity contribution in [1.29, 1.82) is 0 Å². The SMILES string of the molecule is CCCCc1ccc(C(=O)N(CCCOCC)Cc2nc(C(=O)NCCCOCC)co2)cc1. The van der Waals surface area contributed by atoms with Gasteiger partial charge < -0.3 is 24.1 Å². The van der Waals surface area contributed by atoms with Crippen molar-refractivity contribution in [3.05, 3.63) is 53.2 Å². The smallest absolute Gasteiger partial charge is 0.273 e. The standard InChI is InChI=1S/C26H39N3O5/c1-4-7-10-21-11-13-22(14-12-21)26(31)29(16-9-18-33-6-3)19-24-28-23(20-34-24)25(30)27-15-8-17-32-5-2/h11-14,20H,4-10,15-19H2,1-3H3,(H,27,30). The number of oxazole rings is 1. The summed E-state index contributed by atoms with van der Waals surface area (Å²) in [5.41, 5.74) is 2.05. The summed E-state index contributed by atoms with van der Waals surface area (Å²) in [7, 11) is 0. The lowest BCUT2D eigenvalue weighted by atomic mass is 10.1. The lowest BCUT2D eigenvalue weighted by molar-refractivity contribution is 0.0695. The molecule has 1 N–H and O–H groups in total. The second-order valence-electron chi connectivity index (χ2n) is 8.01. The van der Waals surface area contributed by atoms with Gasteiger partial charge in [-0.25, -0.2) is 4.98 Å². The molecule has 0 spiro atoms. The fraction of sp³-hybridized carbons (Fsp3) is 0.577. The number of amides is 2. The number of benzene rings is 1. The molecule has 34 heavy (non-hydrogen) atoms. The Morgan fingerprint density at radius 1 is 1.00 bits per heavy atom. The van der Waals surface area contributed by atoms with Gasteiger partial charge in [-0.15, -0.1) is 0 Å². The van der Waals surface area contributed by atoms with Crippen LogP contribution in [0.1, 0.15) is 78.8 Å². The Bertz CT molecular complexity index is 850. The Hall–Kier alpha value is -2.71. The molecule has 0 saturated heterocycles.